The Morgan fingerprint density at radius 3 is 2.60 bits per heavy atom. The number of carbonyl (C=O) groups is 1. The third-order valence-electron chi connectivity index (χ3n) is 5.68. The Balaban J connectivity index is 1.50. The number of halogens is 2. The summed E-state index contributed by atoms with van der Waals surface area (Å²) >= 11 is 6.19. The molecule has 1 aliphatic rings. The van der Waals surface area contributed by atoms with Crippen LogP contribution in [-0.2, 0) is 6.54 Å². The molecule has 1 aliphatic heterocycles. The standard InChI is InChI=1S/C23H24ClFN2O3/c1-14-12-27(15(2)11-26(14)13-16-4-6-18(25)7-5-16)23(28)22-9-17-8-19(24)21(29-3)10-20(17)30-22/h4-10,14-15H,11-13H2,1-3H3/t14-,15+/m0/s1. The molecule has 0 bridgehead atoms. The number of furan rings is 1. The minimum Gasteiger partial charge on any atom is -0.495 e. The fourth-order valence-electron chi connectivity index (χ4n) is 3.97. The lowest BCUT2D eigenvalue weighted by Crippen LogP contribution is -2.57. The van der Waals surface area contributed by atoms with Crippen LogP contribution in [0.5, 0.6) is 5.75 Å². The average Bonchev–Trinajstić information content (AvgIpc) is 3.13. The number of methoxy groups -OCH3 is 1. The fraction of sp³-hybridized carbons (Fsp3) is 0.348. The molecule has 0 radical (unpaired) electrons. The lowest BCUT2D eigenvalue weighted by atomic mass is 10.1. The zero-order valence-corrected chi connectivity index (χ0v) is 17.9. The number of carbonyl (C=O) groups excluding carboxylic acids is 1. The first kappa shape index (κ1) is 20.7. The third-order valence-corrected chi connectivity index (χ3v) is 5.97. The Kier molecular flexibility index (Phi) is 5.71. The van der Waals surface area contributed by atoms with E-state index in [1.165, 1.54) is 19.2 Å². The summed E-state index contributed by atoms with van der Waals surface area (Å²) in [4.78, 5) is 17.3. The van der Waals surface area contributed by atoms with Crippen molar-refractivity contribution in [3.05, 3.63) is 64.6 Å². The molecule has 3 aromatic rings. The number of fused-ring (bicyclic) bond motifs is 1. The van der Waals surface area contributed by atoms with E-state index >= 15 is 0 Å². The van der Waals surface area contributed by atoms with Gasteiger partial charge in [0.05, 0.1) is 12.1 Å². The molecule has 1 amide bonds. The first-order chi connectivity index (χ1) is 14.4. The minimum absolute atomic E-state index is 0.0143. The van der Waals surface area contributed by atoms with Gasteiger partial charge in [-0.25, -0.2) is 4.39 Å². The second-order valence-electron chi connectivity index (χ2n) is 7.85. The molecule has 1 fully saturated rings. The van der Waals surface area contributed by atoms with Gasteiger partial charge in [-0.15, -0.1) is 0 Å². The van der Waals surface area contributed by atoms with Crippen LogP contribution in [0, 0.1) is 5.82 Å². The van der Waals surface area contributed by atoms with Crippen molar-refractivity contribution in [3.63, 3.8) is 0 Å². The Labute approximate surface area is 180 Å². The van der Waals surface area contributed by atoms with Crippen molar-refractivity contribution < 1.29 is 18.3 Å². The van der Waals surface area contributed by atoms with Crippen LogP contribution < -0.4 is 4.74 Å². The van der Waals surface area contributed by atoms with Crippen LogP contribution in [0.1, 0.15) is 30.0 Å². The maximum Gasteiger partial charge on any atom is 0.289 e. The van der Waals surface area contributed by atoms with Crippen molar-refractivity contribution in [1.29, 1.82) is 0 Å². The largest absolute Gasteiger partial charge is 0.495 e. The van der Waals surface area contributed by atoms with Crippen molar-refractivity contribution in [2.45, 2.75) is 32.5 Å². The van der Waals surface area contributed by atoms with E-state index in [9.17, 15) is 9.18 Å². The quantitative estimate of drug-likeness (QED) is 0.586. The molecule has 0 unspecified atom stereocenters. The molecule has 0 aliphatic carbocycles. The maximum atomic E-state index is 13.2. The molecule has 2 atom stereocenters. The van der Waals surface area contributed by atoms with E-state index in [0.29, 0.717) is 28.7 Å². The number of benzene rings is 2. The predicted molar refractivity (Wildman–Crippen MR) is 115 cm³/mol. The number of hydrogen-bond acceptors (Lipinski definition) is 4. The van der Waals surface area contributed by atoms with Gasteiger partial charge in [0.2, 0.25) is 0 Å². The van der Waals surface area contributed by atoms with Gasteiger partial charge in [-0.1, -0.05) is 23.7 Å². The van der Waals surface area contributed by atoms with Crippen molar-refractivity contribution in [2.24, 2.45) is 0 Å². The molecule has 7 heteroatoms. The topological polar surface area (TPSA) is 45.9 Å². The van der Waals surface area contributed by atoms with E-state index in [0.717, 1.165) is 24.0 Å². The van der Waals surface area contributed by atoms with Gasteiger partial charge >= 0.3 is 0 Å². The maximum absolute atomic E-state index is 13.2. The minimum atomic E-state index is -0.236. The normalized spacial score (nSPS) is 20.0. The van der Waals surface area contributed by atoms with E-state index in [1.807, 2.05) is 11.8 Å². The van der Waals surface area contributed by atoms with Crippen LogP contribution >= 0.6 is 11.6 Å². The molecule has 5 nitrogen and oxygen atoms in total. The summed E-state index contributed by atoms with van der Waals surface area (Å²) in [5.41, 5.74) is 1.62. The van der Waals surface area contributed by atoms with Gasteiger partial charge in [0.25, 0.3) is 5.91 Å². The van der Waals surface area contributed by atoms with Crippen LogP contribution in [0.3, 0.4) is 0 Å². The van der Waals surface area contributed by atoms with E-state index in [-0.39, 0.29) is 23.8 Å². The SMILES string of the molecule is COc1cc2oc(C(=O)N3C[C@H](C)N(Cc4ccc(F)cc4)C[C@H]3C)cc2cc1Cl. The highest BCUT2D eigenvalue weighted by Gasteiger charge is 2.33. The second kappa shape index (κ2) is 8.28. The van der Waals surface area contributed by atoms with Crippen LogP contribution in [-0.4, -0.2) is 48.0 Å². The first-order valence-corrected chi connectivity index (χ1v) is 10.3. The molecule has 2 heterocycles. The molecule has 4 rings (SSSR count). The van der Waals surface area contributed by atoms with Gasteiger partial charge in [0.15, 0.2) is 5.76 Å². The van der Waals surface area contributed by atoms with E-state index in [2.05, 4.69) is 11.8 Å². The highest BCUT2D eigenvalue weighted by molar-refractivity contribution is 6.32. The van der Waals surface area contributed by atoms with Crippen molar-refractivity contribution in [3.8, 4) is 5.75 Å². The number of rotatable bonds is 4. The van der Waals surface area contributed by atoms with Crippen LogP contribution in [0.15, 0.2) is 46.9 Å². The van der Waals surface area contributed by atoms with E-state index in [4.69, 9.17) is 20.8 Å². The second-order valence-corrected chi connectivity index (χ2v) is 8.25. The highest BCUT2D eigenvalue weighted by atomic mass is 35.5. The van der Waals surface area contributed by atoms with Crippen LogP contribution in [0.2, 0.25) is 5.02 Å². The first-order valence-electron chi connectivity index (χ1n) is 9.92. The smallest absolute Gasteiger partial charge is 0.289 e. The molecule has 2 aromatic carbocycles. The van der Waals surface area contributed by atoms with Gasteiger partial charge in [0, 0.05) is 43.2 Å². The molecule has 0 spiro atoms. The zero-order chi connectivity index (χ0) is 21.4. The molecule has 30 heavy (non-hydrogen) atoms. The van der Waals surface area contributed by atoms with Gasteiger partial charge in [-0.2, -0.15) is 0 Å². The summed E-state index contributed by atoms with van der Waals surface area (Å²) in [7, 11) is 1.54. The number of hydrogen-bond donors (Lipinski definition) is 0. The Morgan fingerprint density at radius 2 is 1.90 bits per heavy atom. The lowest BCUT2D eigenvalue weighted by molar-refractivity contribution is 0.0269. The van der Waals surface area contributed by atoms with Crippen LogP contribution in [0.25, 0.3) is 11.0 Å². The monoisotopic (exact) mass is 430 g/mol. The number of ether oxygens (including phenoxy) is 1. The number of piperazine rings is 1. The Morgan fingerprint density at radius 1 is 1.17 bits per heavy atom. The summed E-state index contributed by atoms with van der Waals surface area (Å²) in [6.07, 6.45) is 0. The lowest BCUT2D eigenvalue weighted by Gasteiger charge is -2.43. The van der Waals surface area contributed by atoms with Gasteiger partial charge in [0.1, 0.15) is 17.1 Å². The predicted octanol–water partition coefficient (Wildman–Crippen LogP) is 4.97. The van der Waals surface area contributed by atoms with Gasteiger partial charge < -0.3 is 14.1 Å². The van der Waals surface area contributed by atoms with Gasteiger partial charge in [-0.3, -0.25) is 9.69 Å². The van der Waals surface area contributed by atoms with Gasteiger partial charge in [-0.05, 0) is 43.7 Å². The summed E-state index contributed by atoms with van der Waals surface area (Å²) in [6.45, 7) is 6.16. The molecule has 0 saturated carbocycles. The van der Waals surface area contributed by atoms with E-state index in [1.54, 1.807) is 30.3 Å². The van der Waals surface area contributed by atoms with Crippen molar-refractivity contribution in [1.82, 2.24) is 9.80 Å². The molecular weight excluding hydrogens is 407 g/mol. The van der Waals surface area contributed by atoms with Crippen LogP contribution in [0.4, 0.5) is 4.39 Å². The fourth-order valence-corrected chi connectivity index (χ4v) is 4.22. The van der Waals surface area contributed by atoms with E-state index < -0.39 is 0 Å². The molecule has 1 aromatic heterocycles. The molecular formula is C23H24ClFN2O3. The molecule has 0 N–H and O–H groups in total. The summed E-state index contributed by atoms with van der Waals surface area (Å²) < 4.78 is 24.2. The Bertz CT molecular complexity index is 1070. The molecule has 158 valence electrons. The number of nitrogens with zero attached hydrogens (tertiary/aromatic N) is 2. The molecule has 1 saturated heterocycles. The Hall–Kier alpha value is -2.57. The van der Waals surface area contributed by atoms with Crippen molar-refractivity contribution >= 4 is 28.5 Å². The summed E-state index contributed by atoms with van der Waals surface area (Å²) in [5.74, 6) is 0.427. The number of amides is 1. The third kappa shape index (κ3) is 4.02. The average molecular weight is 431 g/mol. The summed E-state index contributed by atoms with van der Waals surface area (Å²) in [5, 5.41) is 1.24. The zero-order valence-electron chi connectivity index (χ0n) is 17.2. The highest BCUT2D eigenvalue weighted by Crippen LogP contribution is 2.32. The van der Waals surface area contributed by atoms with Crippen molar-refractivity contribution in [2.75, 3.05) is 20.2 Å². The summed E-state index contributed by atoms with van der Waals surface area (Å²) in [6, 6.07) is 11.9.